The van der Waals surface area contributed by atoms with Crippen molar-refractivity contribution >= 4 is 26.6 Å². The Morgan fingerprint density at radius 2 is 2.00 bits per heavy atom. The Bertz CT molecular complexity index is 1290. The van der Waals surface area contributed by atoms with Crippen molar-refractivity contribution in [2.75, 3.05) is 4.72 Å². The number of nitrogens with zero attached hydrogens (tertiary/aromatic N) is 5. The van der Waals surface area contributed by atoms with Crippen molar-refractivity contribution in [1.29, 1.82) is 0 Å². The first-order valence-corrected chi connectivity index (χ1v) is 10.4. The van der Waals surface area contributed by atoms with Crippen LogP contribution in [-0.2, 0) is 17.1 Å². The molecule has 0 amide bonds. The highest BCUT2D eigenvalue weighted by atomic mass is 32.2. The normalized spacial score (nSPS) is 14.5. The zero-order valence-corrected chi connectivity index (χ0v) is 16.0. The van der Waals surface area contributed by atoms with E-state index in [1.54, 1.807) is 36.3 Å². The van der Waals surface area contributed by atoms with Gasteiger partial charge in [0.15, 0.2) is 5.82 Å². The molecule has 1 aromatic carbocycles. The van der Waals surface area contributed by atoms with Crippen molar-refractivity contribution in [3.05, 3.63) is 60.7 Å². The third kappa shape index (κ3) is 2.93. The lowest BCUT2D eigenvalue weighted by molar-refractivity contribution is 0.601. The molecule has 1 N–H and O–H groups in total. The van der Waals surface area contributed by atoms with Crippen LogP contribution in [0.15, 0.2) is 60.0 Å². The quantitative estimate of drug-likeness (QED) is 0.562. The van der Waals surface area contributed by atoms with Gasteiger partial charge in [0.2, 0.25) is 0 Å². The number of aromatic nitrogens is 5. The standard InChI is InChI=1S/C19H18N6O2S/c1-24-19-15(10-21-24)3-2-4-17(19)23-28(26,27)16-11-22-25(12-16)18-9-14(7-8-20-18)13-5-6-13/h2-4,7-13,23H,5-6H2,1H3. The van der Waals surface area contributed by atoms with E-state index in [4.69, 9.17) is 0 Å². The smallest absolute Gasteiger partial charge is 0.265 e. The molecule has 3 aromatic heterocycles. The highest BCUT2D eigenvalue weighted by Crippen LogP contribution is 2.40. The zero-order chi connectivity index (χ0) is 19.3. The van der Waals surface area contributed by atoms with Crippen molar-refractivity contribution in [2.45, 2.75) is 23.7 Å². The van der Waals surface area contributed by atoms with Crippen molar-refractivity contribution in [2.24, 2.45) is 7.05 Å². The molecule has 28 heavy (non-hydrogen) atoms. The maximum absolute atomic E-state index is 12.9. The number of sulfonamides is 1. The minimum atomic E-state index is -3.80. The summed E-state index contributed by atoms with van der Waals surface area (Å²) in [5.41, 5.74) is 2.40. The maximum atomic E-state index is 12.9. The number of fused-ring (bicyclic) bond motifs is 1. The second-order valence-corrected chi connectivity index (χ2v) is 8.64. The van der Waals surface area contributed by atoms with Gasteiger partial charge in [0.1, 0.15) is 4.90 Å². The summed E-state index contributed by atoms with van der Waals surface area (Å²) < 4.78 is 31.6. The number of anilines is 1. The van der Waals surface area contributed by atoms with Gasteiger partial charge >= 0.3 is 0 Å². The van der Waals surface area contributed by atoms with Crippen LogP contribution >= 0.6 is 0 Å². The van der Waals surface area contributed by atoms with Gasteiger partial charge in [0.25, 0.3) is 10.0 Å². The first-order valence-electron chi connectivity index (χ1n) is 8.96. The summed E-state index contributed by atoms with van der Waals surface area (Å²) in [6, 6.07) is 9.35. The van der Waals surface area contributed by atoms with E-state index in [-0.39, 0.29) is 4.90 Å². The van der Waals surface area contributed by atoms with Gasteiger partial charge in [-0.15, -0.1) is 0 Å². The van der Waals surface area contributed by atoms with Crippen LogP contribution in [0.5, 0.6) is 0 Å². The topological polar surface area (TPSA) is 94.7 Å². The van der Waals surface area contributed by atoms with Crippen LogP contribution in [0.4, 0.5) is 5.69 Å². The predicted molar refractivity (Wildman–Crippen MR) is 105 cm³/mol. The minimum absolute atomic E-state index is 0.0743. The molecule has 5 rings (SSSR count). The summed E-state index contributed by atoms with van der Waals surface area (Å²) in [5.74, 6) is 1.20. The molecule has 1 fully saturated rings. The Kier molecular flexibility index (Phi) is 3.73. The molecule has 0 atom stereocenters. The van der Waals surface area contributed by atoms with Crippen molar-refractivity contribution in [1.82, 2.24) is 24.5 Å². The van der Waals surface area contributed by atoms with E-state index < -0.39 is 10.0 Å². The van der Waals surface area contributed by atoms with Crippen LogP contribution in [0, 0.1) is 0 Å². The monoisotopic (exact) mass is 394 g/mol. The maximum Gasteiger partial charge on any atom is 0.265 e. The molecule has 0 bridgehead atoms. The fraction of sp³-hybridized carbons (Fsp3) is 0.211. The van der Waals surface area contributed by atoms with Gasteiger partial charge < -0.3 is 0 Å². The second kappa shape index (κ2) is 6.16. The van der Waals surface area contributed by atoms with E-state index in [1.807, 2.05) is 18.2 Å². The summed E-state index contributed by atoms with van der Waals surface area (Å²) in [4.78, 5) is 4.39. The van der Waals surface area contributed by atoms with E-state index in [9.17, 15) is 8.42 Å². The Labute approximate surface area is 161 Å². The number of pyridine rings is 1. The lowest BCUT2D eigenvalue weighted by Gasteiger charge is -2.08. The molecule has 0 radical (unpaired) electrons. The van der Waals surface area contributed by atoms with Gasteiger partial charge in [-0.1, -0.05) is 12.1 Å². The lowest BCUT2D eigenvalue weighted by Crippen LogP contribution is -2.13. The molecule has 0 aliphatic heterocycles. The molecule has 9 heteroatoms. The van der Waals surface area contributed by atoms with E-state index in [1.165, 1.54) is 35.5 Å². The number of benzene rings is 1. The molecule has 1 aliphatic carbocycles. The number of para-hydroxylation sites is 1. The summed E-state index contributed by atoms with van der Waals surface area (Å²) in [6.07, 6.45) is 8.61. The van der Waals surface area contributed by atoms with Gasteiger partial charge in [-0.05, 0) is 42.5 Å². The molecule has 1 saturated carbocycles. The Balaban J connectivity index is 1.47. The number of aryl methyl sites for hydroxylation is 1. The van der Waals surface area contributed by atoms with Crippen molar-refractivity contribution in [3.8, 4) is 5.82 Å². The highest BCUT2D eigenvalue weighted by Gasteiger charge is 2.24. The molecule has 142 valence electrons. The SMILES string of the molecule is Cn1ncc2cccc(NS(=O)(=O)c3cnn(-c4cc(C5CC5)ccn4)c3)c21. The van der Waals surface area contributed by atoms with Gasteiger partial charge in [-0.3, -0.25) is 9.40 Å². The summed E-state index contributed by atoms with van der Waals surface area (Å²) in [6.45, 7) is 0. The molecule has 0 spiro atoms. The van der Waals surface area contributed by atoms with Crippen molar-refractivity contribution in [3.63, 3.8) is 0 Å². The molecular weight excluding hydrogens is 376 g/mol. The summed E-state index contributed by atoms with van der Waals surface area (Å²) in [7, 11) is -2.03. The third-order valence-electron chi connectivity index (χ3n) is 4.93. The molecule has 0 saturated heterocycles. The Hall–Kier alpha value is -3.20. The van der Waals surface area contributed by atoms with Crippen LogP contribution in [0.25, 0.3) is 16.7 Å². The van der Waals surface area contributed by atoms with Gasteiger partial charge in [0, 0.05) is 18.6 Å². The van der Waals surface area contributed by atoms with E-state index in [0.717, 1.165) is 10.9 Å². The zero-order valence-electron chi connectivity index (χ0n) is 15.1. The fourth-order valence-electron chi connectivity index (χ4n) is 3.32. The van der Waals surface area contributed by atoms with E-state index >= 15 is 0 Å². The molecule has 8 nitrogen and oxygen atoms in total. The van der Waals surface area contributed by atoms with Crippen LogP contribution in [-0.4, -0.2) is 33.0 Å². The van der Waals surface area contributed by atoms with Crippen LogP contribution in [0.1, 0.15) is 24.3 Å². The molecule has 3 heterocycles. The molecular formula is C19H18N6O2S. The molecule has 0 unspecified atom stereocenters. The van der Waals surface area contributed by atoms with Crippen LogP contribution in [0.2, 0.25) is 0 Å². The van der Waals surface area contributed by atoms with Crippen molar-refractivity contribution < 1.29 is 8.42 Å². The largest absolute Gasteiger partial charge is 0.277 e. The Morgan fingerprint density at radius 1 is 1.14 bits per heavy atom. The number of hydrogen-bond donors (Lipinski definition) is 1. The minimum Gasteiger partial charge on any atom is -0.277 e. The fourth-order valence-corrected chi connectivity index (χ4v) is 4.32. The molecule has 1 aliphatic rings. The van der Waals surface area contributed by atoms with Crippen LogP contribution < -0.4 is 4.72 Å². The average molecular weight is 394 g/mol. The third-order valence-corrected chi connectivity index (χ3v) is 6.25. The average Bonchev–Trinajstić information content (AvgIpc) is 3.28. The van der Waals surface area contributed by atoms with E-state index in [2.05, 4.69) is 19.9 Å². The summed E-state index contributed by atoms with van der Waals surface area (Å²) >= 11 is 0. The van der Waals surface area contributed by atoms with Crippen LogP contribution in [0.3, 0.4) is 0 Å². The second-order valence-electron chi connectivity index (χ2n) is 6.96. The first kappa shape index (κ1) is 16.9. The Morgan fingerprint density at radius 3 is 2.82 bits per heavy atom. The number of nitrogens with one attached hydrogen (secondary N) is 1. The van der Waals surface area contributed by atoms with E-state index in [0.29, 0.717) is 17.4 Å². The predicted octanol–water partition coefficient (Wildman–Crippen LogP) is 2.83. The lowest BCUT2D eigenvalue weighted by atomic mass is 10.2. The van der Waals surface area contributed by atoms with Gasteiger partial charge in [-0.25, -0.2) is 18.1 Å². The van der Waals surface area contributed by atoms with Gasteiger partial charge in [-0.2, -0.15) is 10.2 Å². The first-order chi connectivity index (χ1) is 13.5. The summed E-state index contributed by atoms with van der Waals surface area (Å²) in [5, 5.41) is 9.25. The highest BCUT2D eigenvalue weighted by molar-refractivity contribution is 7.92. The number of hydrogen-bond acceptors (Lipinski definition) is 5. The molecule has 4 aromatic rings. The number of rotatable bonds is 5. The van der Waals surface area contributed by atoms with Gasteiger partial charge in [0.05, 0.1) is 29.8 Å².